The Kier molecular flexibility index (Phi) is 56.9. The molecule has 0 spiro atoms. The van der Waals surface area contributed by atoms with Crippen LogP contribution < -0.4 is 21.3 Å². The van der Waals surface area contributed by atoms with Crippen LogP contribution in [0.15, 0.2) is 6.07 Å². The fourth-order valence-corrected chi connectivity index (χ4v) is 3.87. The van der Waals surface area contributed by atoms with Crippen LogP contribution in [0.1, 0.15) is 103 Å². The van der Waals surface area contributed by atoms with Gasteiger partial charge in [0, 0.05) is 25.3 Å². The summed E-state index contributed by atoms with van der Waals surface area (Å²) in [5, 5.41) is 20.2. The fourth-order valence-electron chi connectivity index (χ4n) is 3.69. The Hall–Kier alpha value is -2.67. The molecule has 54 heavy (non-hydrogen) atoms. The number of nitrogens with one attached hydrogen (secondary N) is 4. The van der Waals surface area contributed by atoms with Gasteiger partial charge in [0.2, 0.25) is 5.91 Å². The molecule has 0 fully saturated rings. The first-order valence-electron chi connectivity index (χ1n) is 17.8. The second-order valence-corrected chi connectivity index (χ2v) is 10.6. The molecule has 0 saturated carbocycles. The molecule has 3 radical (unpaired) electrons. The predicted molar refractivity (Wildman–Crippen MR) is 215 cm³/mol. The molecular formula is C37H71GaN6NbO9. The number of nitrogens with zero attached hydrogens (tertiary/aromatic N) is 2. The van der Waals surface area contributed by atoms with Gasteiger partial charge in [-0.1, -0.05) is 68.4 Å². The first-order valence-corrected chi connectivity index (χ1v) is 18.8. The van der Waals surface area contributed by atoms with Crippen molar-refractivity contribution < 1.29 is 64.6 Å². The van der Waals surface area contributed by atoms with Crippen LogP contribution in [0.2, 0.25) is 0 Å². The number of carbonyl (C=O) groups excluding carboxylic acids is 6. The zero-order valence-corrected chi connectivity index (χ0v) is 40.3. The number of aryl methyl sites for hydroxylation is 2. The van der Waals surface area contributed by atoms with Crippen molar-refractivity contribution in [2.24, 2.45) is 5.92 Å². The first kappa shape index (κ1) is 66.2. The molecule has 0 aliphatic heterocycles. The second kappa shape index (κ2) is 46.5. The van der Waals surface area contributed by atoms with E-state index in [4.69, 9.17) is 9.94 Å². The van der Waals surface area contributed by atoms with Crippen molar-refractivity contribution >= 4 is 60.6 Å². The Morgan fingerprint density at radius 3 is 1.81 bits per heavy atom. The molecule has 0 heterocycles. The average molecular weight is 907 g/mol. The van der Waals surface area contributed by atoms with Crippen molar-refractivity contribution in [3.8, 4) is 0 Å². The van der Waals surface area contributed by atoms with Gasteiger partial charge < -0.3 is 22.7 Å². The number of hydroxylamine groups is 1. The number of carbonyl (C=O) groups is 6. The summed E-state index contributed by atoms with van der Waals surface area (Å²) in [6.07, 6.45) is 0.486. The van der Waals surface area contributed by atoms with Gasteiger partial charge in [-0.05, 0) is 43.4 Å². The molecule has 17 heteroatoms. The number of rotatable bonds is 16. The van der Waals surface area contributed by atoms with Crippen LogP contribution in [0.4, 0.5) is 5.69 Å². The summed E-state index contributed by atoms with van der Waals surface area (Å²) in [6, 6.07) is 1.81. The Morgan fingerprint density at radius 2 is 1.39 bits per heavy atom. The van der Waals surface area contributed by atoms with Gasteiger partial charge in [-0.25, -0.2) is 0 Å². The van der Waals surface area contributed by atoms with Gasteiger partial charge in [0.25, 0.3) is 5.91 Å². The monoisotopic (exact) mass is 905 g/mol. The molecule has 1 aromatic rings. The topological polar surface area (TPSA) is 196 Å². The minimum Gasteiger partial charge on any atom is -0.350 e. The Bertz CT molecular complexity index is 1130. The maximum absolute atomic E-state index is 12.9. The fraction of sp³-hybridized carbons (Fsp3) is 0.622. The molecule has 0 saturated heterocycles. The van der Waals surface area contributed by atoms with E-state index in [1.807, 2.05) is 54.5 Å². The van der Waals surface area contributed by atoms with Gasteiger partial charge in [-0.15, -0.1) is 0 Å². The van der Waals surface area contributed by atoms with Gasteiger partial charge in [-0.3, -0.25) is 9.59 Å². The number of aldehydes is 1. The molecule has 0 atom stereocenters. The van der Waals surface area contributed by atoms with Crippen LogP contribution in [0.3, 0.4) is 0 Å². The van der Waals surface area contributed by atoms with E-state index in [1.54, 1.807) is 20.8 Å². The molecule has 1 aromatic carbocycles. The zero-order chi connectivity index (χ0) is 43.1. The summed E-state index contributed by atoms with van der Waals surface area (Å²) in [5.74, 6) is -1.64. The molecule has 15 nitrogen and oxygen atoms in total. The van der Waals surface area contributed by atoms with Crippen LogP contribution in [0.25, 0.3) is 0 Å². The van der Waals surface area contributed by atoms with E-state index in [-0.39, 0.29) is 80.0 Å². The minimum atomic E-state index is -0.932. The summed E-state index contributed by atoms with van der Waals surface area (Å²) in [4.78, 5) is 75.6. The van der Waals surface area contributed by atoms with Gasteiger partial charge in [-0.2, -0.15) is 6.92 Å². The molecular weight excluding hydrogens is 835 g/mol. The van der Waals surface area contributed by atoms with Gasteiger partial charge >= 0.3 is 167 Å². The minimum absolute atomic E-state index is 0. The molecule has 0 aliphatic rings. The Labute approximate surface area is 353 Å². The van der Waals surface area contributed by atoms with Gasteiger partial charge in [0.1, 0.15) is 0 Å². The molecule has 311 valence electrons. The van der Waals surface area contributed by atoms with Gasteiger partial charge in [0.15, 0.2) is 0 Å². The number of anilines is 1. The SMILES string of the molecule is CC.CC.CC.CC(C)C.CO.[CH2-]C.[CH2-]C(=O)ON(CC=O)N(CCNCC(=O)[O][Ga])CC(=O)NCCNC(=O)c1c(C)cc(C)c(NC(C)=O)c1C.[Nb+2]. The van der Waals surface area contributed by atoms with Crippen molar-refractivity contribution in [2.75, 3.05) is 58.2 Å². The number of hydrogen-bond acceptors (Lipinski definition) is 12. The van der Waals surface area contributed by atoms with Crippen molar-refractivity contribution in [2.45, 2.75) is 96.9 Å². The van der Waals surface area contributed by atoms with Crippen molar-refractivity contribution in [1.29, 1.82) is 0 Å². The smallest absolute Gasteiger partial charge is 0.350 e. The van der Waals surface area contributed by atoms with E-state index < -0.39 is 17.8 Å². The number of amides is 3. The van der Waals surface area contributed by atoms with Crippen LogP contribution in [0, 0.1) is 40.5 Å². The number of hydrogen-bond donors (Lipinski definition) is 5. The van der Waals surface area contributed by atoms with Crippen molar-refractivity contribution in [3.63, 3.8) is 0 Å². The van der Waals surface area contributed by atoms with Crippen LogP contribution >= 0.6 is 0 Å². The molecule has 0 unspecified atom stereocenters. The summed E-state index contributed by atoms with van der Waals surface area (Å²) in [5.41, 5.74) is 3.23. The van der Waals surface area contributed by atoms with Crippen molar-refractivity contribution in [3.05, 3.63) is 42.2 Å². The predicted octanol–water partition coefficient (Wildman–Crippen LogP) is 3.83. The van der Waals surface area contributed by atoms with E-state index in [9.17, 15) is 28.8 Å². The molecule has 5 N–H and O–H groups in total. The molecule has 0 bridgehead atoms. The average Bonchev–Trinajstić information content (AvgIpc) is 3.13. The van der Waals surface area contributed by atoms with Gasteiger partial charge in [0.05, 0.1) is 0 Å². The zero-order valence-electron chi connectivity index (χ0n) is 35.7. The van der Waals surface area contributed by atoms with E-state index >= 15 is 0 Å². The van der Waals surface area contributed by atoms with Crippen LogP contribution in [-0.2, 0) is 54.7 Å². The van der Waals surface area contributed by atoms with Crippen LogP contribution in [0.5, 0.6) is 0 Å². The Balaban J connectivity index is -0.000000259. The number of benzene rings is 1. The third-order valence-electron chi connectivity index (χ3n) is 5.26. The molecule has 1 rings (SSSR count). The summed E-state index contributed by atoms with van der Waals surface area (Å²) < 4.78 is 4.60. The molecule has 0 aliphatic carbocycles. The number of aliphatic hydroxyl groups is 1. The third kappa shape index (κ3) is 36.3. The van der Waals surface area contributed by atoms with Crippen molar-refractivity contribution in [1.82, 2.24) is 26.1 Å². The summed E-state index contributed by atoms with van der Waals surface area (Å²) in [6.45, 7) is 33.2. The second-order valence-electron chi connectivity index (χ2n) is 10.1. The van der Waals surface area contributed by atoms with Crippen LogP contribution in [-0.4, -0.2) is 123 Å². The summed E-state index contributed by atoms with van der Waals surface area (Å²) >= 11 is 0.804. The first-order chi connectivity index (χ1) is 25.1. The Morgan fingerprint density at radius 1 is 0.907 bits per heavy atom. The molecule has 0 aromatic heterocycles. The normalized spacial score (nSPS) is 8.89. The number of hydrazine groups is 1. The number of aliphatic hydroxyl groups excluding tert-OH is 1. The van der Waals surface area contributed by atoms with E-state index in [0.29, 0.717) is 23.1 Å². The third-order valence-corrected chi connectivity index (χ3v) is 5.81. The van der Waals surface area contributed by atoms with E-state index in [1.165, 1.54) is 11.9 Å². The van der Waals surface area contributed by atoms with E-state index in [2.05, 4.69) is 59.4 Å². The molecule has 3 amide bonds. The summed E-state index contributed by atoms with van der Waals surface area (Å²) in [7, 11) is 1.00. The van der Waals surface area contributed by atoms with E-state index in [0.717, 1.165) is 48.3 Å². The maximum atomic E-state index is 12.9. The standard InChI is InChI=1S/C24H35N6O8.C4H10.3C2H6.C2H5.CH4O.Ga.Nb/c1-15-12-16(2)23(28-18(4)32)17(3)22(15)24(37)27-7-6-26-20(34)14-29(9-8-25-13-21(35)36)30(10-11-31)38-19(5)33;1-4(2)3;5*1-2;;/h11-12,25H,5-10,13-14H2,1-4H3,(H,26,34)(H,27,37)(H,28,32)(H,35,36);4H,1-3H3;3*1-2H3;1H2,2H3;2H,1H3;;/q-1;;;;;-1;;+1;+2/p-1. The quantitative estimate of drug-likeness (QED) is 0.0530.